The number of aromatic nitrogens is 4. The molecule has 0 bridgehead atoms. The lowest BCUT2D eigenvalue weighted by atomic mass is 10.0. The minimum Gasteiger partial charge on any atom is -0.301 e. The summed E-state index contributed by atoms with van der Waals surface area (Å²) < 4.78 is 28.5. The number of pyridine rings is 1. The van der Waals surface area contributed by atoms with E-state index >= 15 is 0 Å². The lowest BCUT2D eigenvalue weighted by molar-refractivity contribution is 0.0964. The van der Waals surface area contributed by atoms with Crippen LogP contribution in [0.15, 0.2) is 48.1 Å². The summed E-state index contributed by atoms with van der Waals surface area (Å²) in [6.07, 6.45) is 5.13. The number of hydrogen-bond acceptors (Lipinski definition) is 8. The Balaban J connectivity index is 1.55. The van der Waals surface area contributed by atoms with Gasteiger partial charge in [0.2, 0.25) is 10.0 Å². The minimum atomic E-state index is -3.47. The molecule has 4 aromatic rings. The molecule has 0 spiro atoms. The summed E-state index contributed by atoms with van der Waals surface area (Å²) >= 11 is 1.60. The number of sulfonamides is 1. The van der Waals surface area contributed by atoms with E-state index in [4.69, 9.17) is 9.97 Å². The van der Waals surface area contributed by atoms with Gasteiger partial charge in [-0.05, 0) is 62.5 Å². The van der Waals surface area contributed by atoms with Crippen molar-refractivity contribution in [2.24, 2.45) is 0 Å². The fraction of sp³-hybridized carbons (Fsp3) is 0.407. The molecule has 4 aromatic heterocycles. The van der Waals surface area contributed by atoms with Crippen molar-refractivity contribution in [3.8, 4) is 21.8 Å². The van der Waals surface area contributed by atoms with Crippen LogP contribution in [-0.4, -0.2) is 70.1 Å². The lowest BCUT2D eigenvalue weighted by Gasteiger charge is -2.26. The molecule has 5 heterocycles. The second kappa shape index (κ2) is 10.9. The normalized spacial score (nSPS) is 15.9. The van der Waals surface area contributed by atoms with Gasteiger partial charge in [0.1, 0.15) is 5.82 Å². The summed E-state index contributed by atoms with van der Waals surface area (Å²) in [5, 5.41) is 6.44. The molecular formula is C27H32N6O3S2. The van der Waals surface area contributed by atoms with E-state index in [0.29, 0.717) is 41.9 Å². The Labute approximate surface area is 227 Å². The van der Waals surface area contributed by atoms with Crippen LogP contribution < -0.4 is 4.31 Å². The Morgan fingerprint density at radius 1 is 1.16 bits per heavy atom. The number of Topliss-reactive ketones (excluding diaryl/α,β-unsaturated/α-hetero) is 1. The molecule has 0 amide bonds. The number of hydrogen-bond donors (Lipinski definition) is 0. The topological polar surface area (TPSA) is 101 Å². The average Bonchev–Trinajstić information content (AvgIpc) is 3.67. The highest BCUT2D eigenvalue weighted by molar-refractivity contribution is 7.93. The van der Waals surface area contributed by atoms with Crippen LogP contribution in [0.25, 0.3) is 27.5 Å². The molecule has 0 radical (unpaired) electrons. The molecule has 1 aliphatic heterocycles. The first-order chi connectivity index (χ1) is 18.3. The zero-order chi connectivity index (χ0) is 26.9. The predicted molar refractivity (Wildman–Crippen MR) is 151 cm³/mol. The van der Waals surface area contributed by atoms with Gasteiger partial charge in [-0.3, -0.25) is 9.10 Å². The van der Waals surface area contributed by atoms with Gasteiger partial charge in [0.25, 0.3) is 0 Å². The summed E-state index contributed by atoms with van der Waals surface area (Å²) in [6, 6.07) is 9.52. The maximum absolute atomic E-state index is 13.4. The standard InChI is InChI=1S/C27H32N6O3S2/c1-4-31(5-2)19(3)9-10-24(34)20-16-23(29-26(17-20)33-12-7-15-38(33,35)36)21-18-28-32-13-11-22(30-27(21)32)25-8-6-14-37-25/h6,8,11,13-14,16-19H,4-5,7,9-10,12,15H2,1-3H3/t19-/m0/s1. The number of carbonyl (C=O) groups excluding carboxylic acids is 1. The number of thiophene rings is 1. The van der Waals surface area contributed by atoms with Crippen molar-refractivity contribution in [3.63, 3.8) is 0 Å². The van der Waals surface area contributed by atoms with Crippen molar-refractivity contribution in [2.75, 3.05) is 29.7 Å². The number of fused-ring (bicyclic) bond motifs is 1. The number of anilines is 1. The van der Waals surface area contributed by atoms with E-state index in [-0.39, 0.29) is 23.4 Å². The van der Waals surface area contributed by atoms with Gasteiger partial charge < -0.3 is 4.90 Å². The molecule has 1 atom stereocenters. The zero-order valence-corrected chi connectivity index (χ0v) is 23.5. The smallest absolute Gasteiger partial charge is 0.236 e. The third-order valence-electron chi connectivity index (χ3n) is 7.13. The Kier molecular flexibility index (Phi) is 7.60. The minimum absolute atomic E-state index is 0.0331. The molecule has 9 nitrogen and oxygen atoms in total. The molecular weight excluding hydrogens is 520 g/mol. The van der Waals surface area contributed by atoms with Gasteiger partial charge in [-0.15, -0.1) is 11.3 Å². The molecule has 0 N–H and O–H groups in total. The largest absolute Gasteiger partial charge is 0.301 e. The van der Waals surface area contributed by atoms with Crippen molar-refractivity contribution in [1.29, 1.82) is 0 Å². The SMILES string of the molecule is CCN(CC)[C@@H](C)CCC(=O)c1cc(-c2cnn3ccc(-c4cccs4)nc23)nc(N2CCCS2(=O)=O)c1. The number of nitrogens with zero attached hydrogens (tertiary/aromatic N) is 6. The van der Waals surface area contributed by atoms with Crippen LogP contribution in [0, 0.1) is 0 Å². The van der Waals surface area contributed by atoms with Crippen LogP contribution in [0.2, 0.25) is 0 Å². The summed E-state index contributed by atoms with van der Waals surface area (Å²) in [4.78, 5) is 26.3. The second-order valence-corrected chi connectivity index (χ2v) is 12.5. The first-order valence-corrected chi connectivity index (χ1v) is 15.5. The van der Waals surface area contributed by atoms with E-state index in [1.165, 1.54) is 4.31 Å². The number of ketones is 1. The number of carbonyl (C=O) groups is 1. The van der Waals surface area contributed by atoms with E-state index in [1.54, 1.807) is 34.2 Å². The van der Waals surface area contributed by atoms with Gasteiger partial charge in [-0.1, -0.05) is 19.9 Å². The van der Waals surface area contributed by atoms with Crippen LogP contribution in [0.5, 0.6) is 0 Å². The van der Waals surface area contributed by atoms with Gasteiger partial charge in [-0.2, -0.15) is 5.10 Å². The van der Waals surface area contributed by atoms with E-state index in [9.17, 15) is 13.2 Å². The highest BCUT2D eigenvalue weighted by Crippen LogP contribution is 2.31. The zero-order valence-electron chi connectivity index (χ0n) is 21.9. The molecule has 0 saturated carbocycles. The molecule has 1 fully saturated rings. The Morgan fingerprint density at radius 2 is 1.97 bits per heavy atom. The Morgan fingerprint density at radius 3 is 2.66 bits per heavy atom. The van der Waals surface area contributed by atoms with Gasteiger partial charge in [0.05, 0.1) is 33.8 Å². The van der Waals surface area contributed by atoms with Crippen molar-refractivity contribution in [1.82, 2.24) is 24.5 Å². The summed E-state index contributed by atoms with van der Waals surface area (Å²) in [7, 11) is -3.47. The van der Waals surface area contributed by atoms with Crippen molar-refractivity contribution >= 4 is 38.6 Å². The van der Waals surface area contributed by atoms with E-state index in [0.717, 1.165) is 30.1 Å². The third-order valence-corrected chi connectivity index (χ3v) is 9.87. The lowest BCUT2D eigenvalue weighted by Crippen LogP contribution is -2.33. The van der Waals surface area contributed by atoms with Gasteiger partial charge >= 0.3 is 0 Å². The molecule has 0 aliphatic carbocycles. The van der Waals surface area contributed by atoms with E-state index in [1.807, 2.05) is 29.8 Å². The fourth-order valence-electron chi connectivity index (χ4n) is 4.96. The summed E-state index contributed by atoms with van der Waals surface area (Å²) in [6.45, 7) is 8.58. The maximum Gasteiger partial charge on any atom is 0.236 e. The van der Waals surface area contributed by atoms with Crippen molar-refractivity contribution in [2.45, 2.75) is 46.1 Å². The van der Waals surface area contributed by atoms with Crippen LogP contribution in [0.4, 0.5) is 5.82 Å². The van der Waals surface area contributed by atoms with Crippen molar-refractivity contribution < 1.29 is 13.2 Å². The fourth-order valence-corrected chi connectivity index (χ4v) is 7.16. The molecule has 0 unspecified atom stereocenters. The second-order valence-electron chi connectivity index (χ2n) is 9.49. The van der Waals surface area contributed by atoms with Gasteiger partial charge in [0.15, 0.2) is 11.4 Å². The van der Waals surface area contributed by atoms with E-state index in [2.05, 4.69) is 30.8 Å². The maximum atomic E-state index is 13.4. The van der Waals surface area contributed by atoms with Gasteiger partial charge in [-0.25, -0.2) is 22.9 Å². The highest BCUT2D eigenvalue weighted by atomic mass is 32.2. The molecule has 5 rings (SSSR count). The average molecular weight is 553 g/mol. The highest BCUT2D eigenvalue weighted by Gasteiger charge is 2.31. The number of rotatable bonds is 10. The summed E-state index contributed by atoms with van der Waals surface area (Å²) in [5.41, 5.74) is 2.99. The third kappa shape index (κ3) is 5.23. The Bertz CT molecular complexity index is 1540. The Hall–Kier alpha value is -3.15. The molecule has 200 valence electrons. The van der Waals surface area contributed by atoms with Crippen LogP contribution in [-0.2, 0) is 10.0 Å². The monoisotopic (exact) mass is 552 g/mol. The molecule has 1 saturated heterocycles. The summed E-state index contributed by atoms with van der Waals surface area (Å²) in [5.74, 6) is 0.314. The molecule has 1 aliphatic rings. The molecule has 38 heavy (non-hydrogen) atoms. The van der Waals surface area contributed by atoms with Crippen LogP contribution in [0.3, 0.4) is 0 Å². The van der Waals surface area contributed by atoms with Gasteiger partial charge in [0, 0.05) is 30.8 Å². The first-order valence-electron chi connectivity index (χ1n) is 13.0. The first kappa shape index (κ1) is 26.5. The molecule has 11 heteroatoms. The van der Waals surface area contributed by atoms with Crippen LogP contribution >= 0.6 is 11.3 Å². The van der Waals surface area contributed by atoms with Crippen LogP contribution in [0.1, 0.15) is 50.4 Å². The predicted octanol–water partition coefficient (Wildman–Crippen LogP) is 4.75. The molecule has 0 aromatic carbocycles. The van der Waals surface area contributed by atoms with E-state index < -0.39 is 10.0 Å². The quantitative estimate of drug-likeness (QED) is 0.262. The van der Waals surface area contributed by atoms with Crippen molar-refractivity contribution in [3.05, 3.63) is 53.7 Å².